The first-order valence-electron chi connectivity index (χ1n) is 10.3. The van der Waals surface area contributed by atoms with Gasteiger partial charge in [-0.3, -0.25) is 4.79 Å². The van der Waals surface area contributed by atoms with Crippen LogP contribution in [0, 0.1) is 0 Å². The van der Waals surface area contributed by atoms with Crippen LogP contribution in [0.3, 0.4) is 0 Å². The standard InChI is InChI=1S/C24H24Cl2N2O5S/c1-32-19-9-11-21(22(15-19)33-2)27-24(29)16-28(13-12-17-6-4-3-5-7-17)34(30,31)23-14-18(25)8-10-20(23)26/h3-11,14-15H,12-13,16H2,1-2H3,(H,27,29). The molecule has 0 spiro atoms. The fourth-order valence-corrected chi connectivity index (χ4v) is 5.38. The Morgan fingerprint density at radius 2 is 1.71 bits per heavy atom. The lowest BCUT2D eigenvalue weighted by atomic mass is 10.1. The molecule has 0 saturated carbocycles. The number of ether oxygens (including phenoxy) is 2. The van der Waals surface area contributed by atoms with Gasteiger partial charge < -0.3 is 14.8 Å². The number of anilines is 1. The molecule has 0 saturated heterocycles. The third-order valence-electron chi connectivity index (χ3n) is 5.01. The number of hydrogen-bond acceptors (Lipinski definition) is 5. The third-order valence-corrected chi connectivity index (χ3v) is 7.57. The number of carbonyl (C=O) groups is 1. The maximum Gasteiger partial charge on any atom is 0.245 e. The molecule has 0 aliphatic heterocycles. The van der Waals surface area contributed by atoms with Crippen LogP contribution < -0.4 is 14.8 Å². The summed E-state index contributed by atoms with van der Waals surface area (Å²) >= 11 is 12.2. The van der Waals surface area contributed by atoms with Crippen molar-refractivity contribution in [2.24, 2.45) is 0 Å². The van der Waals surface area contributed by atoms with E-state index in [0.29, 0.717) is 23.6 Å². The lowest BCUT2D eigenvalue weighted by molar-refractivity contribution is -0.116. The van der Waals surface area contributed by atoms with Crippen molar-refractivity contribution < 1.29 is 22.7 Å². The van der Waals surface area contributed by atoms with Crippen molar-refractivity contribution in [3.05, 3.63) is 82.3 Å². The highest BCUT2D eigenvalue weighted by Crippen LogP contribution is 2.30. The summed E-state index contributed by atoms with van der Waals surface area (Å²) in [6, 6.07) is 18.5. The van der Waals surface area contributed by atoms with E-state index in [1.165, 1.54) is 32.4 Å². The molecule has 0 aliphatic carbocycles. The summed E-state index contributed by atoms with van der Waals surface area (Å²) in [5.41, 5.74) is 1.31. The Morgan fingerprint density at radius 3 is 2.38 bits per heavy atom. The topological polar surface area (TPSA) is 84.9 Å². The Bertz CT molecular complexity index is 1250. The van der Waals surface area contributed by atoms with Gasteiger partial charge in [-0.25, -0.2) is 8.42 Å². The number of amides is 1. The van der Waals surface area contributed by atoms with Gasteiger partial charge in [0.05, 0.1) is 31.5 Å². The van der Waals surface area contributed by atoms with Crippen molar-refractivity contribution >= 4 is 44.8 Å². The highest BCUT2D eigenvalue weighted by atomic mass is 35.5. The van der Waals surface area contributed by atoms with Crippen LogP contribution in [0.25, 0.3) is 0 Å². The average Bonchev–Trinajstić information content (AvgIpc) is 2.83. The quantitative estimate of drug-likeness (QED) is 0.410. The second kappa shape index (κ2) is 11.6. The lowest BCUT2D eigenvalue weighted by Gasteiger charge is -2.23. The summed E-state index contributed by atoms with van der Waals surface area (Å²) in [5, 5.41) is 2.95. The molecule has 7 nitrogen and oxygen atoms in total. The van der Waals surface area contributed by atoms with Gasteiger partial charge >= 0.3 is 0 Å². The number of carbonyl (C=O) groups excluding carboxylic acids is 1. The lowest BCUT2D eigenvalue weighted by Crippen LogP contribution is -2.39. The molecule has 0 aromatic heterocycles. The number of nitrogens with one attached hydrogen (secondary N) is 1. The van der Waals surface area contributed by atoms with Gasteiger partial charge in [0, 0.05) is 17.6 Å². The van der Waals surface area contributed by atoms with Crippen molar-refractivity contribution in [2.45, 2.75) is 11.3 Å². The normalized spacial score (nSPS) is 11.3. The van der Waals surface area contributed by atoms with Crippen LogP contribution in [-0.4, -0.2) is 45.9 Å². The first-order valence-corrected chi connectivity index (χ1v) is 12.4. The molecular weight excluding hydrogens is 499 g/mol. The minimum Gasteiger partial charge on any atom is -0.497 e. The van der Waals surface area contributed by atoms with Gasteiger partial charge in [0.2, 0.25) is 15.9 Å². The van der Waals surface area contributed by atoms with E-state index < -0.39 is 22.5 Å². The SMILES string of the molecule is COc1ccc(NC(=O)CN(CCc2ccccc2)S(=O)(=O)c2cc(Cl)ccc2Cl)c(OC)c1. The third kappa shape index (κ3) is 6.42. The molecular formula is C24H24Cl2N2O5S. The molecule has 10 heteroatoms. The molecule has 34 heavy (non-hydrogen) atoms. The summed E-state index contributed by atoms with van der Waals surface area (Å²) in [6.45, 7) is -0.379. The largest absolute Gasteiger partial charge is 0.497 e. The zero-order valence-corrected chi connectivity index (χ0v) is 21.0. The van der Waals surface area contributed by atoms with Gasteiger partial charge in [0.15, 0.2) is 0 Å². The first kappa shape index (κ1) is 25.8. The van der Waals surface area contributed by atoms with Gasteiger partial charge in [0.25, 0.3) is 0 Å². The molecule has 3 aromatic rings. The molecule has 0 heterocycles. The van der Waals surface area contributed by atoms with Crippen LogP contribution in [0.1, 0.15) is 5.56 Å². The van der Waals surface area contributed by atoms with E-state index >= 15 is 0 Å². The Kier molecular flexibility index (Phi) is 8.79. The van der Waals surface area contributed by atoms with Crippen molar-refractivity contribution in [3.63, 3.8) is 0 Å². The predicted octanol–water partition coefficient (Wildman–Crippen LogP) is 4.88. The van der Waals surface area contributed by atoms with Gasteiger partial charge in [-0.2, -0.15) is 4.31 Å². The smallest absolute Gasteiger partial charge is 0.245 e. The Labute approximate surface area is 209 Å². The van der Waals surface area contributed by atoms with E-state index in [9.17, 15) is 13.2 Å². The van der Waals surface area contributed by atoms with E-state index in [1.807, 2.05) is 30.3 Å². The number of hydrogen-bond donors (Lipinski definition) is 1. The van der Waals surface area contributed by atoms with E-state index in [-0.39, 0.29) is 21.5 Å². The molecule has 3 aromatic carbocycles. The second-order valence-electron chi connectivity index (χ2n) is 7.26. The number of sulfonamides is 1. The molecule has 0 bridgehead atoms. The molecule has 0 aliphatic rings. The molecule has 1 amide bonds. The van der Waals surface area contributed by atoms with Crippen LogP contribution in [0.15, 0.2) is 71.6 Å². The van der Waals surface area contributed by atoms with Crippen molar-refractivity contribution in [2.75, 3.05) is 32.6 Å². The molecule has 0 atom stereocenters. The van der Waals surface area contributed by atoms with Gasteiger partial charge in [-0.15, -0.1) is 0 Å². The van der Waals surface area contributed by atoms with E-state index in [0.717, 1.165) is 9.87 Å². The van der Waals surface area contributed by atoms with Gasteiger partial charge in [0.1, 0.15) is 16.4 Å². The van der Waals surface area contributed by atoms with Gasteiger partial charge in [-0.1, -0.05) is 53.5 Å². The minimum absolute atomic E-state index is 0.0198. The van der Waals surface area contributed by atoms with Crippen molar-refractivity contribution in [3.8, 4) is 11.5 Å². The maximum absolute atomic E-state index is 13.5. The van der Waals surface area contributed by atoms with Crippen molar-refractivity contribution in [1.82, 2.24) is 4.31 Å². The Hall–Kier alpha value is -2.78. The zero-order chi connectivity index (χ0) is 24.7. The number of nitrogens with zero attached hydrogens (tertiary/aromatic N) is 1. The van der Waals surface area contributed by atoms with Crippen molar-refractivity contribution in [1.29, 1.82) is 0 Å². The minimum atomic E-state index is -4.13. The first-order chi connectivity index (χ1) is 16.2. The fraction of sp³-hybridized carbons (Fsp3) is 0.208. The predicted molar refractivity (Wildman–Crippen MR) is 134 cm³/mol. The van der Waals surface area contributed by atoms with Crippen LogP contribution in [0.4, 0.5) is 5.69 Å². The van der Waals surface area contributed by atoms with Gasteiger partial charge in [-0.05, 0) is 42.3 Å². The van der Waals surface area contributed by atoms with E-state index in [2.05, 4.69) is 5.32 Å². The summed E-state index contributed by atoms with van der Waals surface area (Å²) in [7, 11) is -1.16. The number of methoxy groups -OCH3 is 2. The molecule has 0 unspecified atom stereocenters. The zero-order valence-electron chi connectivity index (χ0n) is 18.6. The van der Waals surface area contributed by atoms with Crippen LogP contribution >= 0.6 is 23.2 Å². The molecule has 3 rings (SSSR count). The molecule has 0 fully saturated rings. The number of halogens is 2. The number of benzene rings is 3. The number of rotatable bonds is 10. The molecule has 0 radical (unpaired) electrons. The highest BCUT2D eigenvalue weighted by molar-refractivity contribution is 7.89. The second-order valence-corrected chi connectivity index (χ2v) is 10.0. The molecule has 180 valence electrons. The summed E-state index contributed by atoms with van der Waals surface area (Å²) < 4.78 is 38.5. The van der Waals surface area contributed by atoms with Crippen LogP contribution in [0.5, 0.6) is 11.5 Å². The molecule has 1 N–H and O–H groups in total. The highest BCUT2D eigenvalue weighted by Gasteiger charge is 2.29. The maximum atomic E-state index is 13.5. The van der Waals surface area contributed by atoms with Crippen LogP contribution in [0.2, 0.25) is 10.0 Å². The average molecular weight is 523 g/mol. The monoisotopic (exact) mass is 522 g/mol. The Morgan fingerprint density at radius 1 is 0.971 bits per heavy atom. The van der Waals surface area contributed by atoms with E-state index in [4.69, 9.17) is 32.7 Å². The fourth-order valence-electron chi connectivity index (χ4n) is 3.25. The van der Waals surface area contributed by atoms with Crippen LogP contribution in [-0.2, 0) is 21.2 Å². The summed E-state index contributed by atoms with van der Waals surface area (Å²) in [5.74, 6) is 0.389. The summed E-state index contributed by atoms with van der Waals surface area (Å²) in [4.78, 5) is 12.8. The Balaban J connectivity index is 1.87. The summed E-state index contributed by atoms with van der Waals surface area (Å²) in [6.07, 6.45) is 0.400. The van der Waals surface area contributed by atoms with E-state index in [1.54, 1.807) is 18.2 Å².